The van der Waals surface area contributed by atoms with E-state index in [1.807, 2.05) is 54.6 Å². The van der Waals surface area contributed by atoms with Crippen molar-refractivity contribution in [3.63, 3.8) is 0 Å². The highest BCUT2D eigenvalue weighted by Crippen LogP contribution is 2.27. The van der Waals surface area contributed by atoms with Gasteiger partial charge in [-0.05, 0) is 83.0 Å². The second-order valence-electron chi connectivity index (χ2n) is 8.09. The Morgan fingerprint density at radius 2 is 1.57 bits per heavy atom. The smallest absolute Gasteiger partial charge is 0.257 e. The van der Waals surface area contributed by atoms with Crippen LogP contribution in [0.1, 0.15) is 30.6 Å². The first kappa shape index (κ1) is 26.5. The summed E-state index contributed by atoms with van der Waals surface area (Å²) in [7, 11) is 0. The molecule has 0 aliphatic carbocycles. The number of halogens is 1. The van der Waals surface area contributed by atoms with Gasteiger partial charge in [0, 0.05) is 5.56 Å². The van der Waals surface area contributed by atoms with E-state index in [9.17, 15) is 4.79 Å². The summed E-state index contributed by atoms with van der Waals surface area (Å²) >= 11 is 8.83. The molecule has 0 heterocycles. The van der Waals surface area contributed by atoms with Crippen molar-refractivity contribution in [2.24, 2.45) is 5.92 Å². The Kier molecular flexibility index (Phi) is 10.4. The fourth-order valence-electron chi connectivity index (χ4n) is 3.02. The summed E-state index contributed by atoms with van der Waals surface area (Å²) in [5.74, 6) is 2.32. The Hall–Kier alpha value is -3.10. The van der Waals surface area contributed by atoms with Gasteiger partial charge in [-0.15, -0.1) is 0 Å². The van der Waals surface area contributed by atoms with E-state index < -0.39 is 0 Å². The molecule has 0 aliphatic heterocycles. The highest BCUT2D eigenvalue weighted by atomic mass is 79.9. The quantitative estimate of drug-likeness (QED) is 0.208. The molecule has 0 aromatic heterocycles. The van der Waals surface area contributed by atoms with Crippen LogP contribution in [0.5, 0.6) is 17.2 Å². The third-order valence-electron chi connectivity index (χ3n) is 4.86. The van der Waals surface area contributed by atoms with E-state index in [-0.39, 0.29) is 11.0 Å². The van der Waals surface area contributed by atoms with Crippen LogP contribution in [0.15, 0.2) is 77.3 Å². The van der Waals surface area contributed by atoms with Crippen LogP contribution in [0.2, 0.25) is 0 Å². The predicted molar refractivity (Wildman–Crippen MR) is 147 cm³/mol. The summed E-state index contributed by atoms with van der Waals surface area (Å²) in [6, 6.07) is 22.1. The van der Waals surface area contributed by atoms with Crippen LogP contribution in [0.4, 0.5) is 5.69 Å². The third kappa shape index (κ3) is 8.88. The topological polar surface area (TPSA) is 68.8 Å². The number of benzene rings is 3. The minimum atomic E-state index is -0.327. The lowest BCUT2D eigenvalue weighted by Crippen LogP contribution is -2.34. The van der Waals surface area contributed by atoms with E-state index in [0.717, 1.165) is 12.2 Å². The van der Waals surface area contributed by atoms with Crippen molar-refractivity contribution < 1.29 is 19.0 Å². The molecule has 35 heavy (non-hydrogen) atoms. The highest BCUT2D eigenvalue weighted by molar-refractivity contribution is 9.10. The van der Waals surface area contributed by atoms with E-state index in [1.165, 1.54) is 0 Å². The maximum atomic E-state index is 12.7. The van der Waals surface area contributed by atoms with Crippen LogP contribution < -0.4 is 24.8 Å². The zero-order valence-corrected chi connectivity index (χ0v) is 22.2. The molecular formula is C27H29BrN2O4S. The third-order valence-corrected chi connectivity index (χ3v) is 5.69. The number of para-hydroxylation sites is 3. The standard InChI is InChI=1S/C27H29BrN2O4S/c1-19(2)14-15-33-24-13-12-20(18-22(24)28)26(31)30-27(35)29-23-10-6-7-11-25(23)34-17-16-32-21-8-4-3-5-9-21/h3-13,18-19H,14-17H2,1-2H3,(H2,29,30,31,35). The van der Waals surface area contributed by atoms with Crippen LogP contribution in [0.3, 0.4) is 0 Å². The number of carbonyl (C=O) groups excluding carboxylic acids is 1. The van der Waals surface area contributed by atoms with Crippen molar-refractivity contribution in [2.75, 3.05) is 25.1 Å². The first-order valence-electron chi connectivity index (χ1n) is 11.4. The van der Waals surface area contributed by atoms with Gasteiger partial charge in [-0.3, -0.25) is 10.1 Å². The first-order valence-corrected chi connectivity index (χ1v) is 12.6. The molecule has 0 radical (unpaired) electrons. The SMILES string of the molecule is CC(C)CCOc1ccc(C(=O)NC(=S)Nc2ccccc2OCCOc2ccccc2)cc1Br. The monoisotopic (exact) mass is 556 g/mol. The predicted octanol–water partition coefficient (Wildman–Crippen LogP) is 6.46. The van der Waals surface area contributed by atoms with Gasteiger partial charge in [0.1, 0.15) is 30.5 Å². The molecule has 184 valence electrons. The lowest BCUT2D eigenvalue weighted by Gasteiger charge is -2.15. The maximum absolute atomic E-state index is 12.7. The minimum Gasteiger partial charge on any atom is -0.492 e. The van der Waals surface area contributed by atoms with Crippen LogP contribution in [0, 0.1) is 5.92 Å². The number of hydrogen-bond donors (Lipinski definition) is 2. The molecule has 0 spiro atoms. The zero-order valence-electron chi connectivity index (χ0n) is 19.8. The Morgan fingerprint density at radius 1 is 0.886 bits per heavy atom. The second kappa shape index (κ2) is 13.7. The maximum Gasteiger partial charge on any atom is 0.257 e. The number of thiocarbonyl (C=S) groups is 1. The van der Waals surface area contributed by atoms with E-state index in [1.54, 1.807) is 18.2 Å². The molecule has 6 nitrogen and oxygen atoms in total. The summed E-state index contributed by atoms with van der Waals surface area (Å²) in [5, 5.41) is 5.90. The average molecular weight is 558 g/mol. The van der Waals surface area contributed by atoms with Crippen molar-refractivity contribution in [3.05, 3.63) is 82.8 Å². The fourth-order valence-corrected chi connectivity index (χ4v) is 3.71. The minimum absolute atomic E-state index is 0.167. The van der Waals surface area contributed by atoms with Crippen molar-refractivity contribution in [2.45, 2.75) is 20.3 Å². The number of hydrogen-bond acceptors (Lipinski definition) is 5. The number of rotatable bonds is 11. The molecule has 1 amide bonds. The van der Waals surface area contributed by atoms with Gasteiger partial charge in [0.15, 0.2) is 5.11 Å². The second-order valence-corrected chi connectivity index (χ2v) is 9.35. The van der Waals surface area contributed by atoms with E-state index in [0.29, 0.717) is 53.0 Å². The van der Waals surface area contributed by atoms with Gasteiger partial charge < -0.3 is 19.5 Å². The zero-order chi connectivity index (χ0) is 25.0. The highest BCUT2D eigenvalue weighted by Gasteiger charge is 2.13. The normalized spacial score (nSPS) is 10.5. The largest absolute Gasteiger partial charge is 0.492 e. The molecule has 0 aliphatic rings. The van der Waals surface area contributed by atoms with Crippen LogP contribution >= 0.6 is 28.1 Å². The molecule has 0 fully saturated rings. The number of nitrogens with one attached hydrogen (secondary N) is 2. The molecule has 3 aromatic carbocycles. The Balaban J connectivity index is 1.51. The lowest BCUT2D eigenvalue weighted by molar-refractivity contribution is 0.0977. The van der Waals surface area contributed by atoms with E-state index >= 15 is 0 Å². The van der Waals surface area contributed by atoms with E-state index in [2.05, 4.69) is 40.4 Å². The van der Waals surface area contributed by atoms with Gasteiger partial charge in [-0.2, -0.15) is 0 Å². The van der Waals surface area contributed by atoms with Crippen LogP contribution in [-0.4, -0.2) is 30.8 Å². The molecule has 0 bridgehead atoms. The van der Waals surface area contributed by atoms with Gasteiger partial charge in [0.2, 0.25) is 0 Å². The van der Waals surface area contributed by atoms with Gasteiger partial charge in [0.25, 0.3) is 5.91 Å². The molecule has 3 rings (SSSR count). The Labute approximate surface area is 220 Å². The molecule has 0 atom stereocenters. The van der Waals surface area contributed by atoms with Crippen molar-refractivity contribution in [3.8, 4) is 17.2 Å². The van der Waals surface area contributed by atoms with Gasteiger partial charge >= 0.3 is 0 Å². The molecule has 0 unspecified atom stereocenters. The molecule has 0 saturated heterocycles. The number of anilines is 1. The lowest BCUT2D eigenvalue weighted by atomic mass is 10.1. The van der Waals surface area contributed by atoms with Crippen molar-refractivity contribution in [1.82, 2.24) is 5.32 Å². The summed E-state index contributed by atoms with van der Waals surface area (Å²) in [5.41, 5.74) is 1.10. The molecule has 0 saturated carbocycles. The molecular weight excluding hydrogens is 528 g/mol. The fraction of sp³-hybridized carbons (Fsp3) is 0.259. The van der Waals surface area contributed by atoms with Crippen molar-refractivity contribution in [1.29, 1.82) is 0 Å². The summed E-state index contributed by atoms with van der Waals surface area (Å²) in [4.78, 5) is 12.7. The van der Waals surface area contributed by atoms with Gasteiger partial charge in [-0.25, -0.2) is 0 Å². The summed E-state index contributed by atoms with van der Waals surface area (Å²) in [6.07, 6.45) is 0.958. The number of amides is 1. The van der Waals surface area contributed by atoms with Crippen molar-refractivity contribution >= 4 is 44.9 Å². The van der Waals surface area contributed by atoms with Crippen LogP contribution in [-0.2, 0) is 0 Å². The Bertz CT molecular complexity index is 1130. The molecule has 2 N–H and O–H groups in total. The average Bonchev–Trinajstić information content (AvgIpc) is 2.84. The summed E-state index contributed by atoms with van der Waals surface area (Å²) < 4.78 is 18.0. The summed E-state index contributed by atoms with van der Waals surface area (Å²) in [6.45, 7) is 5.66. The Morgan fingerprint density at radius 3 is 2.31 bits per heavy atom. The van der Waals surface area contributed by atoms with Gasteiger partial charge in [0.05, 0.1) is 16.8 Å². The molecule has 3 aromatic rings. The van der Waals surface area contributed by atoms with Gasteiger partial charge in [-0.1, -0.05) is 44.2 Å². The van der Waals surface area contributed by atoms with E-state index in [4.69, 9.17) is 26.4 Å². The first-order chi connectivity index (χ1) is 16.9. The molecule has 8 heteroatoms. The number of ether oxygens (including phenoxy) is 3. The number of carbonyl (C=O) groups is 1. The van der Waals surface area contributed by atoms with Crippen LogP contribution in [0.25, 0.3) is 0 Å².